The number of halogens is 1. The van der Waals surface area contributed by atoms with Crippen LogP contribution >= 0.6 is 11.3 Å². The Balaban J connectivity index is 1.42. The van der Waals surface area contributed by atoms with Crippen molar-refractivity contribution in [2.24, 2.45) is 0 Å². The number of nitrogens with zero attached hydrogens (tertiary/aromatic N) is 2. The normalized spacial score (nSPS) is 24.7. The molecule has 0 bridgehead atoms. The van der Waals surface area contributed by atoms with Crippen LogP contribution in [0.5, 0.6) is 0 Å². The van der Waals surface area contributed by atoms with E-state index in [-0.39, 0.29) is 24.9 Å². The maximum absolute atomic E-state index is 13.3. The van der Waals surface area contributed by atoms with Crippen LogP contribution in [0.25, 0.3) is 11.1 Å². The van der Waals surface area contributed by atoms with Crippen molar-refractivity contribution in [1.29, 1.82) is 5.26 Å². The first-order chi connectivity index (χ1) is 13.1. The predicted octanol–water partition coefficient (Wildman–Crippen LogP) is 2.68. The molecule has 7 heteroatoms. The van der Waals surface area contributed by atoms with Crippen molar-refractivity contribution in [3.63, 3.8) is 0 Å². The Labute approximate surface area is 161 Å². The van der Waals surface area contributed by atoms with Crippen LogP contribution in [0.2, 0.25) is 0 Å². The number of anilines is 1. The standard InChI is InChI=1S/C20H21FN4OS/c21-16-8-18(23-10-16)20(26)24-17-3-5-25(11-17)19-2-1-13(7-15(19)9-22)14-4-6-27-12-14/h1-2,4,6-7,12,16-18,23H,3,5,8,10-11H2,(H,24,26)/t16-,17-,18-/m0/s1. The highest BCUT2D eigenvalue weighted by atomic mass is 32.1. The molecule has 0 saturated carbocycles. The zero-order chi connectivity index (χ0) is 18.8. The molecule has 1 aromatic carbocycles. The van der Waals surface area contributed by atoms with E-state index in [1.165, 1.54) is 0 Å². The van der Waals surface area contributed by atoms with Gasteiger partial charge < -0.3 is 15.5 Å². The average molecular weight is 384 g/mol. The minimum absolute atomic E-state index is 0.0149. The predicted molar refractivity (Wildman–Crippen MR) is 105 cm³/mol. The van der Waals surface area contributed by atoms with Crippen molar-refractivity contribution in [3.8, 4) is 17.2 Å². The maximum atomic E-state index is 13.3. The zero-order valence-electron chi connectivity index (χ0n) is 14.8. The molecule has 27 heavy (non-hydrogen) atoms. The SMILES string of the molecule is N#Cc1cc(-c2ccsc2)ccc1N1CC[C@H](NC(=O)[C@@H]2C[C@H](F)CN2)C1. The Hall–Kier alpha value is -2.43. The second-order valence-electron chi connectivity index (χ2n) is 7.09. The molecule has 2 aromatic rings. The molecule has 1 amide bonds. The highest BCUT2D eigenvalue weighted by Crippen LogP contribution is 2.30. The third kappa shape index (κ3) is 3.82. The van der Waals surface area contributed by atoms with Gasteiger partial charge in [-0.3, -0.25) is 4.79 Å². The Kier molecular flexibility index (Phi) is 5.10. The van der Waals surface area contributed by atoms with E-state index in [4.69, 9.17) is 0 Å². The van der Waals surface area contributed by atoms with Gasteiger partial charge in [0.15, 0.2) is 0 Å². The minimum Gasteiger partial charge on any atom is -0.368 e. The molecule has 0 unspecified atom stereocenters. The van der Waals surface area contributed by atoms with Crippen molar-refractivity contribution < 1.29 is 9.18 Å². The summed E-state index contributed by atoms with van der Waals surface area (Å²) >= 11 is 1.63. The van der Waals surface area contributed by atoms with E-state index in [0.717, 1.165) is 29.8 Å². The van der Waals surface area contributed by atoms with Crippen LogP contribution in [-0.2, 0) is 4.79 Å². The fourth-order valence-corrected chi connectivity index (χ4v) is 4.47. The van der Waals surface area contributed by atoms with Crippen LogP contribution in [0.4, 0.5) is 10.1 Å². The van der Waals surface area contributed by atoms with Crippen LogP contribution in [0.3, 0.4) is 0 Å². The third-order valence-corrected chi connectivity index (χ3v) is 5.92. The van der Waals surface area contributed by atoms with Gasteiger partial charge in [0, 0.05) is 32.1 Å². The molecule has 5 nitrogen and oxygen atoms in total. The third-order valence-electron chi connectivity index (χ3n) is 5.24. The highest BCUT2D eigenvalue weighted by Gasteiger charge is 2.32. The van der Waals surface area contributed by atoms with Crippen molar-refractivity contribution in [2.45, 2.75) is 31.1 Å². The number of benzene rings is 1. The topological polar surface area (TPSA) is 68.2 Å². The number of carbonyl (C=O) groups excluding carboxylic acids is 1. The van der Waals surface area contributed by atoms with E-state index in [0.29, 0.717) is 12.1 Å². The van der Waals surface area contributed by atoms with Crippen molar-refractivity contribution >= 4 is 22.9 Å². The molecule has 2 fully saturated rings. The first-order valence-electron chi connectivity index (χ1n) is 9.13. The maximum Gasteiger partial charge on any atom is 0.237 e. The van der Waals surface area contributed by atoms with Crippen LogP contribution in [0.1, 0.15) is 18.4 Å². The fourth-order valence-electron chi connectivity index (χ4n) is 3.80. The number of hydrogen-bond acceptors (Lipinski definition) is 5. The molecule has 0 aliphatic carbocycles. The Morgan fingerprint density at radius 2 is 2.26 bits per heavy atom. The lowest BCUT2D eigenvalue weighted by molar-refractivity contribution is -0.123. The molecule has 3 heterocycles. The number of nitrogens with one attached hydrogen (secondary N) is 2. The molecular weight excluding hydrogens is 363 g/mol. The van der Waals surface area contributed by atoms with Gasteiger partial charge in [-0.25, -0.2) is 4.39 Å². The summed E-state index contributed by atoms with van der Waals surface area (Å²) < 4.78 is 13.3. The molecule has 140 valence electrons. The lowest BCUT2D eigenvalue weighted by atomic mass is 10.0. The molecule has 3 atom stereocenters. The van der Waals surface area contributed by atoms with Gasteiger partial charge in [-0.1, -0.05) is 6.07 Å². The molecule has 4 rings (SSSR count). The van der Waals surface area contributed by atoms with E-state index < -0.39 is 12.2 Å². The molecule has 2 aliphatic rings. The summed E-state index contributed by atoms with van der Waals surface area (Å²) in [5, 5.41) is 19.6. The van der Waals surface area contributed by atoms with Crippen LogP contribution < -0.4 is 15.5 Å². The van der Waals surface area contributed by atoms with Crippen molar-refractivity contribution in [1.82, 2.24) is 10.6 Å². The minimum atomic E-state index is -0.944. The number of alkyl halides is 1. The van der Waals surface area contributed by atoms with E-state index in [9.17, 15) is 14.4 Å². The van der Waals surface area contributed by atoms with Crippen LogP contribution in [-0.4, -0.2) is 43.8 Å². The molecule has 1 aromatic heterocycles. The molecule has 0 radical (unpaired) electrons. The second-order valence-corrected chi connectivity index (χ2v) is 7.87. The first kappa shape index (κ1) is 18.0. The lowest BCUT2D eigenvalue weighted by Gasteiger charge is -2.21. The van der Waals surface area contributed by atoms with Gasteiger partial charge in [-0.15, -0.1) is 0 Å². The summed E-state index contributed by atoms with van der Waals surface area (Å²) in [5.41, 5.74) is 3.69. The Bertz CT molecular complexity index is 863. The van der Waals surface area contributed by atoms with E-state index in [1.807, 2.05) is 29.6 Å². The largest absolute Gasteiger partial charge is 0.368 e. The number of thiophene rings is 1. The van der Waals surface area contributed by atoms with Gasteiger partial charge in [-0.2, -0.15) is 16.6 Å². The number of nitriles is 1. The zero-order valence-corrected chi connectivity index (χ0v) is 15.6. The van der Waals surface area contributed by atoms with Gasteiger partial charge >= 0.3 is 0 Å². The second kappa shape index (κ2) is 7.67. The van der Waals surface area contributed by atoms with E-state index in [1.54, 1.807) is 11.3 Å². The summed E-state index contributed by atoms with van der Waals surface area (Å²) in [5.74, 6) is -0.129. The molecule has 0 spiro atoms. The van der Waals surface area contributed by atoms with Gasteiger partial charge in [-0.05, 0) is 46.5 Å². The van der Waals surface area contributed by atoms with Crippen molar-refractivity contribution in [2.75, 3.05) is 24.5 Å². The van der Waals surface area contributed by atoms with Gasteiger partial charge in [0.25, 0.3) is 0 Å². The fraction of sp³-hybridized carbons (Fsp3) is 0.400. The van der Waals surface area contributed by atoms with Gasteiger partial charge in [0.2, 0.25) is 5.91 Å². The van der Waals surface area contributed by atoms with Crippen molar-refractivity contribution in [3.05, 3.63) is 40.6 Å². The van der Waals surface area contributed by atoms with Crippen LogP contribution in [0, 0.1) is 11.3 Å². The number of hydrogen-bond donors (Lipinski definition) is 2. The molecular formula is C20H21FN4OS. The monoisotopic (exact) mass is 384 g/mol. The van der Waals surface area contributed by atoms with Gasteiger partial charge in [0.1, 0.15) is 12.2 Å². The first-order valence-corrected chi connectivity index (χ1v) is 10.1. The summed E-state index contributed by atoms with van der Waals surface area (Å²) in [6.45, 7) is 1.68. The number of rotatable bonds is 4. The summed E-state index contributed by atoms with van der Waals surface area (Å²) in [4.78, 5) is 14.4. The summed E-state index contributed by atoms with van der Waals surface area (Å²) in [6, 6.07) is 9.87. The highest BCUT2D eigenvalue weighted by molar-refractivity contribution is 7.08. The molecule has 2 N–H and O–H groups in total. The summed E-state index contributed by atoms with van der Waals surface area (Å²) in [6.07, 6.45) is 0.111. The van der Waals surface area contributed by atoms with Crippen LogP contribution in [0.15, 0.2) is 35.0 Å². The number of amides is 1. The quantitative estimate of drug-likeness (QED) is 0.851. The number of carbonyl (C=O) groups is 1. The Morgan fingerprint density at radius 1 is 1.37 bits per heavy atom. The Morgan fingerprint density at radius 3 is 2.96 bits per heavy atom. The van der Waals surface area contributed by atoms with E-state index in [2.05, 4.69) is 27.0 Å². The molecule has 2 saturated heterocycles. The average Bonchev–Trinajstić information content (AvgIpc) is 3.43. The van der Waals surface area contributed by atoms with E-state index >= 15 is 0 Å². The van der Waals surface area contributed by atoms with Gasteiger partial charge in [0.05, 0.1) is 17.3 Å². The summed E-state index contributed by atoms with van der Waals surface area (Å²) in [7, 11) is 0. The lowest BCUT2D eigenvalue weighted by Crippen LogP contribution is -2.46. The molecule has 2 aliphatic heterocycles. The smallest absolute Gasteiger partial charge is 0.237 e.